The molecule has 2 aromatic rings. The minimum absolute atomic E-state index is 0.183. The van der Waals surface area contributed by atoms with E-state index in [1.807, 2.05) is 0 Å². The quantitative estimate of drug-likeness (QED) is 0.860. The highest BCUT2D eigenvalue weighted by Crippen LogP contribution is 2.22. The van der Waals surface area contributed by atoms with Gasteiger partial charge in [-0.1, -0.05) is 6.07 Å². The molecule has 2 rings (SSSR count). The lowest BCUT2D eigenvalue weighted by Crippen LogP contribution is -2.27. The Hall–Kier alpha value is -2.50. The molecular formula is C14H11F3N2O. The van der Waals surface area contributed by atoms with E-state index in [1.165, 1.54) is 25.2 Å². The van der Waals surface area contributed by atoms with Crippen molar-refractivity contribution in [2.24, 2.45) is 0 Å². The summed E-state index contributed by atoms with van der Waals surface area (Å²) < 4.78 is 39.3. The topological polar surface area (TPSA) is 46.3 Å². The van der Waals surface area contributed by atoms with E-state index in [0.29, 0.717) is 0 Å². The summed E-state index contributed by atoms with van der Waals surface area (Å²) in [7, 11) is 1.39. The van der Waals surface area contributed by atoms with Gasteiger partial charge in [-0.2, -0.15) is 0 Å². The summed E-state index contributed by atoms with van der Waals surface area (Å²) in [5.74, 6) is -3.48. The second-order valence-electron chi connectivity index (χ2n) is 4.20. The fourth-order valence-corrected chi connectivity index (χ4v) is 1.73. The minimum Gasteiger partial charge on any atom is -0.398 e. The van der Waals surface area contributed by atoms with Crippen LogP contribution in [0.5, 0.6) is 0 Å². The molecule has 104 valence electrons. The molecule has 2 N–H and O–H groups in total. The van der Waals surface area contributed by atoms with Crippen molar-refractivity contribution in [2.45, 2.75) is 0 Å². The second kappa shape index (κ2) is 5.24. The zero-order valence-corrected chi connectivity index (χ0v) is 10.5. The van der Waals surface area contributed by atoms with Crippen molar-refractivity contribution < 1.29 is 18.0 Å². The molecule has 6 heteroatoms. The monoisotopic (exact) mass is 280 g/mol. The first-order valence-corrected chi connectivity index (χ1v) is 5.68. The first-order chi connectivity index (χ1) is 9.40. The molecule has 0 aliphatic heterocycles. The predicted molar refractivity (Wildman–Crippen MR) is 69.9 cm³/mol. The molecular weight excluding hydrogens is 269 g/mol. The molecule has 0 unspecified atom stereocenters. The summed E-state index contributed by atoms with van der Waals surface area (Å²) in [5.41, 5.74) is 5.42. The second-order valence-corrected chi connectivity index (χ2v) is 4.20. The highest BCUT2D eigenvalue weighted by atomic mass is 19.2. The maximum Gasteiger partial charge on any atom is 0.260 e. The van der Waals surface area contributed by atoms with Crippen molar-refractivity contribution in [1.29, 1.82) is 0 Å². The number of carbonyl (C=O) groups excluding carboxylic acids is 1. The van der Waals surface area contributed by atoms with Crippen LogP contribution in [0.3, 0.4) is 0 Å². The predicted octanol–water partition coefficient (Wildman–Crippen LogP) is 2.96. The summed E-state index contributed by atoms with van der Waals surface area (Å²) >= 11 is 0. The summed E-state index contributed by atoms with van der Waals surface area (Å²) in [6.45, 7) is 0. The van der Waals surface area contributed by atoms with E-state index in [2.05, 4.69) is 0 Å². The van der Waals surface area contributed by atoms with Gasteiger partial charge in [-0.3, -0.25) is 4.79 Å². The number of anilines is 2. The van der Waals surface area contributed by atoms with E-state index >= 15 is 0 Å². The number of benzene rings is 2. The number of amides is 1. The molecule has 0 fully saturated rings. The third-order valence-electron chi connectivity index (χ3n) is 2.82. The van der Waals surface area contributed by atoms with Crippen molar-refractivity contribution in [1.82, 2.24) is 0 Å². The normalized spacial score (nSPS) is 10.4. The molecule has 0 bridgehead atoms. The van der Waals surface area contributed by atoms with Gasteiger partial charge in [0.2, 0.25) is 0 Å². The van der Waals surface area contributed by atoms with Crippen molar-refractivity contribution >= 4 is 17.3 Å². The smallest absolute Gasteiger partial charge is 0.260 e. The van der Waals surface area contributed by atoms with Crippen molar-refractivity contribution in [3.05, 3.63) is 59.4 Å². The van der Waals surface area contributed by atoms with E-state index in [9.17, 15) is 18.0 Å². The Balaban J connectivity index is 2.39. The number of nitrogens with zero attached hydrogens (tertiary/aromatic N) is 1. The Morgan fingerprint density at radius 3 is 2.40 bits per heavy atom. The number of rotatable bonds is 2. The molecule has 0 heterocycles. The van der Waals surface area contributed by atoms with Crippen LogP contribution in [0.4, 0.5) is 24.5 Å². The molecule has 2 aromatic carbocycles. The summed E-state index contributed by atoms with van der Waals surface area (Å²) in [5, 5.41) is 0. The lowest BCUT2D eigenvalue weighted by molar-refractivity contribution is 0.0993. The van der Waals surface area contributed by atoms with Gasteiger partial charge in [0, 0.05) is 24.5 Å². The van der Waals surface area contributed by atoms with Crippen LogP contribution in [-0.4, -0.2) is 13.0 Å². The summed E-state index contributed by atoms with van der Waals surface area (Å²) in [6, 6.07) is 6.78. The lowest BCUT2D eigenvalue weighted by Gasteiger charge is -2.18. The fourth-order valence-electron chi connectivity index (χ4n) is 1.73. The molecule has 3 nitrogen and oxygen atoms in total. The van der Waals surface area contributed by atoms with Gasteiger partial charge in [0.25, 0.3) is 5.91 Å². The molecule has 1 amide bonds. The van der Waals surface area contributed by atoms with Gasteiger partial charge < -0.3 is 10.6 Å². The van der Waals surface area contributed by atoms with Crippen LogP contribution >= 0.6 is 0 Å². The molecule has 0 saturated heterocycles. The van der Waals surface area contributed by atoms with Gasteiger partial charge in [0.05, 0.1) is 5.56 Å². The van der Waals surface area contributed by atoms with E-state index in [0.717, 1.165) is 23.1 Å². The third-order valence-corrected chi connectivity index (χ3v) is 2.82. The maximum absolute atomic E-state index is 13.2. The van der Waals surface area contributed by atoms with Crippen LogP contribution in [-0.2, 0) is 0 Å². The maximum atomic E-state index is 13.2. The van der Waals surface area contributed by atoms with Crippen molar-refractivity contribution in [3.8, 4) is 0 Å². The van der Waals surface area contributed by atoms with Gasteiger partial charge in [-0.25, -0.2) is 13.2 Å². The van der Waals surface area contributed by atoms with E-state index in [-0.39, 0.29) is 16.9 Å². The van der Waals surface area contributed by atoms with Crippen LogP contribution in [0.2, 0.25) is 0 Å². The average molecular weight is 280 g/mol. The zero-order chi connectivity index (χ0) is 14.9. The Labute approximate surface area is 113 Å². The number of nitrogen functional groups attached to an aromatic ring is 1. The van der Waals surface area contributed by atoms with E-state index in [4.69, 9.17) is 5.73 Å². The van der Waals surface area contributed by atoms with Crippen LogP contribution < -0.4 is 10.6 Å². The highest BCUT2D eigenvalue weighted by molar-refractivity contribution is 6.09. The number of nitrogens with two attached hydrogens (primary N) is 1. The molecule has 0 saturated carbocycles. The van der Waals surface area contributed by atoms with Gasteiger partial charge in [0.1, 0.15) is 5.82 Å². The molecule has 0 aliphatic rings. The van der Waals surface area contributed by atoms with Crippen molar-refractivity contribution in [2.75, 3.05) is 17.7 Å². The van der Waals surface area contributed by atoms with Gasteiger partial charge in [-0.05, 0) is 24.3 Å². The van der Waals surface area contributed by atoms with E-state index < -0.39 is 23.4 Å². The van der Waals surface area contributed by atoms with Gasteiger partial charge >= 0.3 is 0 Å². The first-order valence-electron chi connectivity index (χ1n) is 5.68. The van der Waals surface area contributed by atoms with Gasteiger partial charge in [0.15, 0.2) is 11.6 Å². The van der Waals surface area contributed by atoms with Gasteiger partial charge in [-0.15, -0.1) is 0 Å². The highest BCUT2D eigenvalue weighted by Gasteiger charge is 2.19. The number of carbonyl (C=O) groups is 1. The first kappa shape index (κ1) is 13.9. The number of hydrogen-bond donors (Lipinski definition) is 1. The third kappa shape index (κ3) is 2.59. The zero-order valence-electron chi connectivity index (χ0n) is 10.5. The van der Waals surface area contributed by atoms with Crippen LogP contribution in [0, 0.1) is 17.5 Å². The van der Waals surface area contributed by atoms with Crippen LogP contribution in [0.1, 0.15) is 10.4 Å². The minimum atomic E-state index is -1.17. The number of hydrogen-bond acceptors (Lipinski definition) is 2. The average Bonchev–Trinajstić information content (AvgIpc) is 2.41. The molecule has 0 radical (unpaired) electrons. The molecule has 0 atom stereocenters. The summed E-state index contributed by atoms with van der Waals surface area (Å²) in [4.78, 5) is 13.3. The van der Waals surface area contributed by atoms with Crippen LogP contribution in [0.25, 0.3) is 0 Å². The lowest BCUT2D eigenvalue weighted by atomic mass is 10.1. The standard InChI is InChI=1S/C14H11F3N2O/c1-19(9-4-2-3-8(15)5-9)14(20)10-6-11(16)12(17)7-13(10)18/h2-7H,18H2,1H3. The fraction of sp³-hybridized carbons (Fsp3) is 0.0714. The van der Waals surface area contributed by atoms with Crippen molar-refractivity contribution in [3.63, 3.8) is 0 Å². The Morgan fingerprint density at radius 1 is 1.10 bits per heavy atom. The SMILES string of the molecule is CN(C(=O)c1cc(F)c(F)cc1N)c1cccc(F)c1. The molecule has 20 heavy (non-hydrogen) atoms. The van der Waals surface area contributed by atoms with E-state index in [1.54, 1.807) is 0 Å². The van der Waals surface area contributed by atoms with Crippen LogP contribution in [0.15, 0.2) is 36.4 Å². The molecule has 0 aromatic heterocycles. The summed E-state index contributed by atoms with van der Waals surface area (Å²) in [6.07, 6.45) is 0. The Bertz CT molecular complexity index is 673. The number of halogens is 3. The molecule has 0 aliphatic carbocycles. The largest absolute Gasteiger partial charge is 0.398 e. The Kier molecular flexibility index (Phi) is 3.65. The Morgan fingerprint density at radius 2 is 1.75 bits per heavy atom. The molecule has 0 spiro atoms.